The summed E-state index contributed by atoms with van der Waals surface area (Å²) in [4.78, 5) is 36.2. The zero-order valence-electron chi connectivity index (χ0n) is 11.9. The highest BCUT2D eigenvalue weighted by Crippen LogP contribution is 2.28. The van der Waals surface area contributed by atoms with Crippen LogP contribution in [-0.4, -0.2) is 67.0 Å². The number of aliphatic hydroxyl groups is 3. The molecule has 128 valence electrons. The van der Waals surface area contributed by atoms with Crippen molar-refractivity contribution in [1.82, 2.24) is 9.55 Å². The van der Waals surface area contributed by atoms with Gasteiger partial charge in [-0.1, -0.05) is 0 Å². The molecule has 0 aromatic carbocycles. The van der Waals surface area contributed by atoms with Gasteiger partial charge in [-0.05, 0) is 6.92 Å². The van der Waals surface area contributed by atoms with Crippen molar-refractivity contribution in [2.24, 2.45) is 0 Å². The van der Waals surface area contributed by atoms with Gasteiger partial charge >= 0.3 is 11.7 Å². The Hall–Kier alpha value is -2.21. The fourth-order valence-corrected chi connectivity index (χ4v) is 2.09. The molecular formula is C12H16N2O9. The maximum absolute atomic E-state index is 11.8. The highest BCUT2D eigenvalue weighted by molar-refractivity contribution is 5.72. The Labute approximate surface area is 128 Å². The van der Waals surface area contributed by atoms with E-state index >= 15 is 0 Å². The summed E-state index contributed by atoms with van der Waals surface area (Å²) in [6.45, 7) is 0.593. The van der Waals surface area contributed by atoms with Gasteiger partial charge in [0.05, 0.1) is 12.8 Å². The molecule has 2 rings (SSSR count). The number of hydrogen-bond donors (Lipinski definition) is 5. The Morgan fingerprint density at radius 2 is 2.09 bits per heavy atom. The van der Waals surface area contributed by atoms with E-state index in [4.69, 9.17) is 19.7 Å². The van der Waals surface area contributed by atoms with E-state index in [9.17, 15) is 24.6 Å². The number of aromatic amines is 1. The summed E-state index contributed by atoms with van der Waals surface area (Å²) >= 11 is 0. The first kappa shape index (κ1) is 17.1. The monoisotopic (exact) mass is 332 g/mol. The molecule has 11 heteroatoms. The zero-order valence-corrected chi connectivity index (χ0v) is 11.9. The largest absolute Gasteiger partial charge is 0.479 e. The molecule has 0 spiro atoms. The molecule has 0 amide bonds. The summed E-state index contributed by atoms with van der Waals surface area (Å²) in [6, 6.07) is 0. The first-order chi connectivity index (χ1) is 10.8. The molecule has 1 fully saturated rings. The minimum atomic E-state index is -1.54. The summed E-state index contributed by atoms with van der Waals surface area (Å²) < 4.78 is 10.8. The van der Waals surface area contributed by atoms with Gasteiger partial charge in [0.1, 0.15) is 18.3 Å². The van der Waals surface area contributed by atoms with Crippen LogP contribution < -0.4 is 16.0 Å². The number of aliphatic carboxylic acids is 1. The molecule has 5 atom stereocenters. The van der Waals surface area contributed by atoms with Crippen molar-refractivity contribution < 1.29 is 34.7 Å². The second kappa shape index (κ2) is 6.50. The SMILES string of the molecule is CC(Oc1cn([C@@H]2O[C@H](CO)[C@@H](O)[C@H]2O)c(=O)[nH]c1=O)C(=O)O. The Morgan fingerprint density at radius 3 is 2.61 bits per heavy atom. The standard InChI is InChI=1S/C12H16N2O9/c1-4(11(19)20)22-5-2-14(12(21)13-9(5)18)10-8(17)7(16)6(3-15)23-10/h2,4,6-8,10,15-17H,3H2,1H3,(H,19,20)(H,13,18,21)/t4?,6-,7-,8-,10-/m1/s1. The van der Waals surface area contributed by atoms with E-state index in [0.29, 0.717) is 0 Å². The number of aliphatic hydroxyl groups excluding tert-OH is 3. The number of rotatable bonds is 5. The van der Waals surface area contributed by atoms with Crippen LogP contribution in [0.25, 0.3) is 0 Å². The number of carboxylic acids is 1. The minimum absolute atomic E-state index is 0.475. The van der Waals surface area contributed by atoms with Crippen LogP contribution >= 0.6 is 0 Å². The number of hydrogen-bond acceptors (Lipinski definition) is 8. The zero-order chi connectivity index (χ0) is 17.3. The van der Waals surface area contributed by atoms with Gasteiger partial charge < -0.3 is 29.9 Å². The third-order valence-corrected chi connectivity index (χ3v) is 3.38. The molecule has 1 aliphatic rings. The van der Waals surface area contributed by atoms with E-state index in [1.807, 2.05) is 4.98 Å². The van der Waals surface area contributed by atoms with Crippen molar-refractivity contribution in [2.45, 2.75) is 37.6 Å². The van der Waals surface area contributed by atoms with Gasteiger partial charge in [-0.25, -0.2) is 9.59 Å². The predicted octanol–water partition coefficient (Wildman–Crippen LogP) is -3.00. The van der Waals surface area contributed by atoms with Crippen molar-refractivity contribution in [3.63, 3.8) is 0 Å². The maximum Gasteiger partial charge on any atom is 0.344 e. The van der Waals surface area contributed by atoms with Crippen LogP contribution in [0.5, 0.6) is 5.75 Å². The highest BCUT2D eigenvalue weighted by atomic mass is 16.6. The quantitative estimate of drug-likeness (QED) is 0.377. The molecule has 11 nitrogen and oxygen atoms in total. The van der Waals surface area contributed by atoms with Crippen molar-refractivity contribution in [2.75, 3.05) is 6.61 Å². The van der Waals surface area contributed by atoms with Crippen LogP contribution in [0.3, 0.4) is 0 Å². The van der Waals surface area contributed by atoms with Crippen LogP contribution in [0.15, 0.2) is 15.8 Å². The second-order valence-corrected chi connectivity index (χ2v) is 4.99. The van der Waals surface area contributed by atoms with E-state index in [2.05, 4.69) is 0 Å². The predicted molar refractivity (Wildman–Crippen MR) is 72.1 cm³/mol. The third-order valence-electron chi connectivity index (χ3n) is 3.38. The fraction of sp³-hybridized carbons (Fsp3) is 0.583. The first-order valence-electron chi connectivity index (χ1n) is 6.63. The van der Waals surface area contributed by atoms with Crippen LogP contribution in [0, 0.1) is 0 Å². The number of nitrogens with zero attached hydrogens (tertiary/aromatic N) is 1. The summed E-state index contributed by atoms with van der Waals surface area (Å²) in [7, 11) is 0. The van der Waals surface area contributed by atoms with Gasteiger partial charge in [0.25, 0.3) is 5.56 Å². The minimum Gasteiger partial charge on any atom is -0.479 e. The molecule has 0 radical (unpaired) electrons. The molecule has 1 unspecified atom stereocenters. The fourth-order valence-electron chi connectivity index (χ4n) is 2.09. The smallest absolute Gasteiger partial charge is 0.344 e. The molecule has 0 saturated carbocycles. The molecular weight excluding hydrogens is 316 g/mol. The van der Waals surface area contributed by atoms with E-state index in [1.165, 1.54) is 6.92 Å². The second-order valence-electron chi connectivity index (χ2n) is 4.99. The van der Waals surface area contributed by atoms with Crippen LogP contribution in [-0.2, 0) is 9.53 Å². The lowest BCUT2D eigenvalue weighted by Crippen LogP contribution is -2.39. The van der Waals surface area contributed by atoms with Crippen LogP contribution in [0.1, 0.15) is 13.2 Å². The summed E-state index contributed by atoms with van der Waals surface area (Å²) in [6.07, 6.45) is -5.95. The van der Waals surface area contributed by atoms with Gasteiger partial charge in [-0.3, -0.25) is 14.3 Å². The topological polar surface area (TPSA) is 171 Å². The summed E-state index contributed by atoms with van der Waals surface area (Å²) in [5.74, 6) is -1.80. The normalized spacial score (nSPS) is 28.5. The third kappa shape index (κ3) is 3.27. The van der Waals surface area contributed by atoms with Gasteiger partial charge in [-0.2, -0.15) is 0 Å². The van der Waals surface area contributed by atoms with E-state index in [0.717, 1.165) is 10.8 Å². The molecule has 1 aromatic rings. The van der Waals surface area contributed by atoms with Crippen molar-refractivity contribution in [3.8, 4) is 5.75 Å². The molecule has 1 aliphatic heterocycles. The van der Waals surface area contributed by atoms with Crippen molar-refractivity contribution >= 4 is 5.97 Å². The van der Waals surface area contributed by atoms with E-state index in [1.54, 1.807) is 0 Å². The molecule has 2 heterocycles. The number of carbonyl (C=O) groups is 1. The number of aromatic nitrogens is 2. The van der Waals surface area contributed by atoms with Crippen molar-refractivity contribution in [1.29, 1.82) is 0 Å². The van der Waals surface area contributed by atoms with Crippen molar-refractivity contribution in [3.05, 3.63) is 27.0 Å². The van der Waals surface area contributed by atoms with Gasteiger partial charge in [-0.15, -0.1) is 0 Å². The number of nitrogens with one attached hydrogen (secondary N) is 1. The Kier molecular flexibility index (Phi) is 4.85. The Balaban J connectivity index is 2.38. The number of carboxylic acid groups (broad SMARTS) is 1. The molecule has 1 saturated heterocycles. The summed E-state index contributed by atoms with van der Waals surface area (Å²) in [5, 5.41) is 37.4. The highest BCUT2D eigenvalue weighted by Gasteiger charge is 2.44. The van der Waals surface area contributed by atoms with Gasteiger partial charge in [0.15, 0.2) is 12.3 Å². The van der Waals surface area contributed by atoms with Gasteiger partial charge in [0, 0.05) is 0 Å². The average molecular weight is 332 g/mol. The maximum atomic E-state index is 11.8. The van der Waals surface area contributed by atoms with Crippen LogP contribution in [0.2, 0.25) is 0 Å². The molecule has 0 aliphatic carbocycles. The van der Waals surface area contributed by atoms with E-state index < -0.39 is 60.2 Å². The first-order valence-corrected chi connectivity index (χ1v) is 6.63. The molecule has 1 aromatic heterocycles. The Morgan fingerprint density at radius 1 is 1.43 bits per heavy atom. The molecule has 5 N–H and O–H groups in total. The lowest BCUT2D eigenvalue weighted by atomic mass is 10.1. The number of H-pyrrole nitrogens is 1. The molecule has 23 heavy (non-hydrogen) atoms. The van der Waals surface area contributed by atoms with E-state index in [-0.39, 0.29) is 0 Å². The average Bonchev–Trinajstić information content (AvgIpc) is 2.77. The molecule has 0 bridgehead atoms. The van der Waals surface area contributed by atoms with Crippen LogP contribution in [0.4, 0.5) is 0 Å². The Bertz CT molecular complexity index is 697. The summed E-state index contributed by atoms with van der Waals surface area (Å²) in [5.41, 5.74) is -1.91. The van der Waals surface area contributed by atoms with Gasteiger partial charge in [0.2, 0.25) is 5.75 Å². The lowest BCUT2D eigenvalue weighted by molar-refractivity contribution is -0.144. The lowest BCUT2D eigenvalue weighted by Gasteiger charge is -2.18. The number of ether oxygens (including phenoxy) is 2.